The number of anilines is 2. The number of hydrogen-bond donors (Lipinski definition) is 1. The summed E-state index contributed by atoms with van der Waals surface area (Å²) >= 11 is -2.54. The number of carboxylic acid groups (broad SMARTS) is 1. The first-order valence-corrected chi connectivity index (χ1v) is 13.9. The molecule has 10 nitrogen and oxygen atoms in total. The van der Waals surface area contributed by atoms with Crippen LogP contribution in [0, 0.1) is 11.8 Å². The van der Waals surface area contributed by atoms with Crippen molar-refractivity contribution in [2.45, 2.75) is 32.2 Å². The molecule has 0 aromatic heterocycles. The van der Waals surface area contributed by atoms with Gasteiger partial charge in [0.2, 0.25) is 5.91 Å². The Hall–Kier alpha value is -3.27. The molecule has 0 radical (unpaired) electrons. The molecule has 4 rings (SSSR count). The molecule has 2 atom stereocenters. The monoisotopic (exact) mass is 553 g/mol. The zero-order valence-electron chi connectivity index (χ0n) is 22.2. The van der Waals surface area contributed by atoms with Gasteiger partial charge in [0.25, 0.3) is 0 Å². The molecule has 1 saturated heterocycles. The van der Waals surface area contributed by atoms with Gasteiger partial charge in [0.15, 0.2) is 0 Å². The van der Waals surface area contributed by atoms with Crippen molar-refractivity contribution in [2.24, 2.45) is 0 Å². The van der Waals surface area contributed by atoms with Crippen molar-refractivity contribution in [3.8, 4) is 11.8 Å². The molecule has 1 amide bonds. The van der Waals surface area contributed by atoms with Crippen molar-refractivity contribution >= 4 is 34.5 Å². The predicted molar refractivity (Wildman–Crippen MR) is 148 cm³/mol. The van der Waals surface area contributed by atoms with Crippen molar-refractivity contribution in [1.29, 1.82) is 0 Å². The highest BCUT2D eigenvalue weighted by molar-refractivity contribution is 7.76. The van der Waals surface area contributed by atoms with E-state index in [0.29, 0.717) is 45.8 Å². The number of fused-ring (bicyclic) bond motifs is 1. The standard InChI is InChI=1S/C28H34N4O6S/c1-21(19-28(34)35)32(39(36)37)30-15-13-29(14-16-30)25-10-6-22(7-11-25)3-4-23-5-8-24-9-12-27(33)31(17-18-38-2)26(24)20-23/h5-8,10-11,20-21H,9,12-19H2,1-2H3,(H,34,35)(H,36,37)/p-1. The molecule has 0 bridgehead atoms. The fourth-order valence-electron chi connectivity index (χ4n) is 4.94. The first-order chi connectivity index (χ1) is 18.8. The molecule has 0 spiro atoms. The van der Waals surface area contributed by atoms with Crippen molar-refractivity contribution in [3.63, 3.8) is 0 Å². The number of methoxy groups -OCH3 is 1. The number of aryl methyl sites for hydroxylation is 1. The lowest BCUT2D eigenvalue weighted by Crippen LogP contribution is -2.57. The van der Waals surface area contributed by atoms with E-state index in [2.05, 4.69) is 16.7 Å². The minimum Gasteiger partial charge on any atom is -0.759 e. The summed E-state index contributed by atoms with van der Waals surface area (Å²) in [6.07, 6.45) is 0.977. The molecule has 39 heavy (non-hydrogen) atoms. The van der Waals surface area contributed by atoms with E-state index >= 15 is 0 Å². The van der Waals surface area contributed by atoms with Crippen molar-refractivity contribution in [2.75, 3.05) is 56.2 Å². The van der Waals surface area contributed by atoms with Crippen molar-refractivity contribution in [1.82, 2.24) is 9.42 Å². The Morgan fingerprint density at radius 1 is 1.10 bits per heavy atom. The normalized spacial score (nSPS) is 17.4. The summed E-state index contributed by atoms with van der Waals surface area (Å²) in [6, 6.07) is 13.2. The van der Waals surface area contributed by atoms with Gasteiger partial charge in [0, 0.05) is 86.1 Å². The highest BCUT2D eigenvalue weighted by Gasteiger charge is 2.28. The maximum absolute atomic E-state index is 12.4. The number of hydrazine groups is 1. The molecule has 2 heterocycles. The summed E-state index contributed by atoms with van der Waals surface area (Å²) in [5, 5.41) is 10.7. The van der Waals surface area contributed by atoms with Gasteiger partial charge in [-0.1, -0.05) is 17.9 Å². The van der Waals surface area contributed by atoms with Gasteiger partial charge < -0.3 is 24.2 Å². The van der Waals surface area contributed by atoms with Crippen molar-refractivity contribution in [3.05, 3.63) is 59.2 Å². The first-order valence-electron chi connectivity index (χ1n) is 12.9. The number of carbonyl (C=O) groups excluding carboxylic acids is 1. The number of nitrogens with zero attached hydrogens (tertiary/aromatic N) is 4. The van der Waals surface area contributed by atoms with E-state index in [4.69, 9.17) is 9.84 Å². The van der Waals surface area contributed by atoms with Crippen LogP contribution in [0.25, 0.3) is 0 Å². The number of hydrogen-bond acceptors (Lipinski definition) is 7. The third-order valence-electron chi connectivity index (χ3n) is 6.92. The van der Waals surface area contributed by atoms with Gasteiger partial charge in [-0.3, -0.25) is 13.8 Å². The summed E-state index contributed by atoms with van der Waals surface area (Å²) in [6.45, 7) is 4.71. The van der Waals surface area contributed by atoms with Gasteiger partial charge >= 0.3 is 5.97 Å². The van der Waals surface area contributed by atoms with Crippen LogP contribution in [0.1, 0.15) is 36.5 Å². The van der Waals surface area contributed by atoms with Crippen LogP contribution in [0.4, 0.5) is 11.4 Å². The summed E-state index contributed by atoms with van der Waals surface area (Å²) in [4.78, 5) is 27.4. The van der Waals surface area contributed by atoms with Crippen LogP contribution in [0.3, 0.4) is 0 Å². The van der Waals surface area contributed by atoms with Crippen LogP contribution in [0.5, 0.6) is 0 Å². The number of rotatable bonds is 9. The van der Waals surface area contributed by atoms with Gasteiger partial charge in [0.05, 0.1) is 13.0 Å². The van der Waals surface area contributed by atoms with E-state index < -0.39 is 23.3 Å². The molecule has 2 aliphatic rings. The number of carboxylic acids is 1. The Morgan fingerprint density at radius 2 is 1.77 bits per heavy atom. The van der Waals surface area contributed by atoms with Crippen LogP contribution >= 0.6 is 0 Å². The minimum absolute atomic E-state index is 0.102. The third kappa shape index (κ3) is 7.23. The first kappa shape index (κ1) is 28.7. The van der Waals surface area contributed by atoms with Gasteiger partial charge in [-0.25, -0.2) is 5.01 Å². The fourth-order valence-corrected chi connectivity index (χ4v) is 5.67. The number of benzene rings is 2. The number of amides is 1. The van der Waals surface area contributed by atoms with Crippen molar-refractivity contribution < 1.29 is 28.2 Å². The lowest BCUT2D eigenvalue weighted by atomic mass is 9.99. The summed E-state index contributed by atoms with van der Waals surface area (Å²) in [5.41, 5.74) is 4.75. The molecule has 0 saturated carbocycles. The average Bonchev–Trinajstić information content (AvgIpc) is 2.91. The van der Waals surface area contributed by atoms with Gasteiger partial charge in [-0.2, -0.15) is 4.41 Å². The van der Waals surface area contributed by atoms with E-state index in [0.717, 1.165) is 38.9 Å². The predicted octanol–water partition coefficient (Wildman–Crippen LogP) is 2.01. The molecule has 0 aliphatic carbocycles. The van der Waals surface area contributed by atoms with Crippen LogP contribution in [0.2, 0.25) is 0 Å². The second kappa shape index (κ2) is 13.2. The van der Waals surface area contributed by atoms with Gasteiger partial charge in [-0.15, -0.1) is 0 Å². The zero-order chi connectivity index (χ0) is 27.9. The number of piperazine rings is 1. The molecule has 2 aromatic rings. The van der Waals surface area contributed by atoms with Crippen LogP contribution in [-0.4, -0.2) is 87.7 Å². The van der Waals surface area contributed by atoms with E-state index in [1.54, 1.807) is 23.9 Å². The Labute approximate surface area is 231 Å². The second-order valence-corrected chi connectivity index (χ2v) is 10.4. The van der Waals surface area contributed by atoms with Gasteiger partial charge in [-0.05, 0) is 55.3 Å². The Kier molecular flexibility index (Phi) is 9.72. The fraction of sp³-hybridized carbons (Fsp3) is 0.429. The molecule has 11 heteroatoms. The Balaban J connectivity index is 1.39. The Morgan fingerprint density at radius 3 is 2.41 bits per heavy atom. The highest BCUT2D eigenvalue weighted by atomic mass is 32.2. The third-order valence-corrected chi connectivity index (χ3v) is 7.82. The topological polar surface area (TPSA) is 117 Å². The second-order valence-electron chi connectivity index (χ2n) is 9.59. The maximum Gasteiger partial charge on any atom is 0.305 e. The molecular weight excluding hydrogens is 520 g/mol. The number of ether oxygens (including phenoxy) is 1. The summed E-state index contributed by atoms with van der Waals surface area (Å²) in [7, 11) is 1.62. The average molecular weight is 554 g/mol. The highest BCUT2D eigenvalue weighted by Crippen LogP contribution is 2.29. The molecule has 2 aliphatic heterocycles. The smallest absolute Gasteiger partial charge is 0.305 e. The molecule has 2 unspecified atom stereocenters. The summed E-state index contributed by atoms with van der Waals surface area (Å²) < 4.78 is 29.8. The largest absolute Gasteiger partial charge is 0.759 e. The lowest BCUT2D eigenvalue weighted by molar-refractivity contribution is -0.139. The molecular formula is C28H33N4O6S-. The SMILES string of the molecule is COCCN1C(=O)CCc2ccc(C#Cc3ccc(N4CCN(N(C(C)CC(=O)O)S(=O)[O-])CC4)cc3)cc21. The molecule has 1 fully saturated rings. The van der Waals surface area contributed by atoms with E-state index in [1.165, 1.54) is 0 Å². The Bertz CT molecular complexity index is 1270. The maximum atomic E-state index is 12.4. The zero-order valence-corrected chi connectivity index (χ0v) is 23.0. The quantitative estimate of drug-likeness (QED) is 0.370. The lowest BCUT2D eigenvalue weighted by Gasteiger charge is -2.44. The van der Waals surface area contributed by atoms with Crippen LogP contribution < -0.4 is 9.80 Å². The van der Waals surface area contributed by atoms with Crippen LogP contribution in [-0.2, 0) is 32.0 Å². The number of carbonyl (C=O) groups is 2. The molecule has 2 aromatic carbocycles. The minimum atomic E-state index is -2.54. The van der Waals surface area contributed by atoms with E-state index in [1.807, 2.05) is 42.5 Å². The molecule has 208 valence electrons. The van der Waals surface area contributed by atoms with E-state index in [9.17, 15) is 18.4 Å². The van der Waals surface area contributed by atoms with Gasteiger partial charge in [0.1, 0.15) is 0 Å². The molecule has 1 N–H and O–H groups in total. The van der Waals surface area contributed by atoms with Crippen LogP contribution in [0.15, 0.2) is 42.5 Å². The van der Waals surface area contributed by atoms with E-state index in [-0.39, 0.29) is 12.3 Å². The number of aliphatic carboxylic acids is 1. The summed E-state index contributed by atoms with van der Waals surface area (Å²) in [5.74, 6) is 5.48.